The molecule has 1 fully saturated rings. The molecule has 2 atom stereocenters. The number of carbonyl (C=O) groups excluding carboxylic acids is 1. The lowest BCUT2D eigenvalue weighted by Gasteiger charge is -2.19. The number of phenols is 1. The van der Waals surface area contributed by atoms with Gasteiger partial charge < -0.3 is 15.1 Å². The lowest BCUT2D eigenvalue weighted by molar-refractivity contribution is 0.0759. The fraction of sp³-hybridized carbons (Fsp3) is 0.350. The predicted molar refractivity (Wildman–Crippen MR) is 93.0 cm³/mol. The number of amides is 1. The third-order valence-electron chi connectivity index (χ3n) is 4.74. The summed E-state index contributed by atoms with van der Waals surface area (Å²) in [5.74, 6) is -0.0357. The van der Waals surface area contributed by atoms with E-state index in [0.29, 0.717) is 18.7 Å². The zero-order chi connectivity index (χ0) is 17.1. The molecule has 2 unspecified atom stereocenters. The maximum atomic E-state index is 12.7. The molecule has 0 spiro atoms. The first kappa shape index (κ1) is 16.5. The van der Waals surface area contributed by atoms with Crippen molar-refractivity contribution in [2.45, 2.75) is 25.9 Å². The second-order valence-electron chi connectivity index (χ2n) is 6.55. The number of likely N-dealkylation sites (tertiary alicyclic amines) is 1. The molecule has 0 aliphatic carbocycles. The SMILES string of the molecule is CC(O)C1CCN(C(=O)c2cc(Cc3ccccc3)ccc2O)C1. The molecule has 24 heavy (non-hydrogen) atoms. The number of aliphatic hydroxyl groups is 1. The highest BCUT2D eigenvalue weighted by atomic mass is 16.3. The summed E-state index contributed by atoms with van der Waals surface area (Å²) in [5.41, 5.74) is 2.50. The summed E-state index contributed by atoms with van der Waals surface area (Å²) in [6.07, 6.45) is 1.10. The van der Waals surface area contributed by atoms with Crippen LogP contribution in [-0.4, -0.2) is 40.2 Å². The Morgan fingerprint density at radius 2 is 1.96 bits per heavy atom. The van der Waals surface area contributed by atoms with Gasteiger partial charge in [-0.1, -0.05) is 36.4 Å². The van der Waals surface area contributed by atoms with E-state index in [1.54, 1.807) is 24.0 Å². The normalized spacial score (nSPS) is 18.6. The summed E-state index contributed by atoms with van der Waals surface area (Å²) in [7, 11) is 0. The van der Waals surface area contributed by atoms with Crippen LogP contribution in [0.2, 0.25) is 0 Å². The van der Waals surface area contributed by atoms with E-state index in [2.05, 4.69) is 0 Å². The van der Waals surface area contributed by atoms with Crippen LogP contribution in [0, 0.1) is 5.92 Å². The van der Waals surface area contributed by atoms with E-state index in [9.17, 15) is 15.0 Å². The largest absolute Gasteiger partial charge is 0.507 e. The summed E-state index contributed by atoms with van der Waals surface area (Å²) in [6, 6.07) is 15.3. The number of aliphatic hydroxyl groups excluding tert-OH is 1. The van der Waals surface area contributed by atoms with Crippen LogP contribution in [0.15, 0.2) is 48.5 Å². The lowest BCUT2D eigenvalue weighted by atomic mass is 10.0. The minimum Gasteiger partial charge on any atom is -0.507 e. The number of nitrogens with zero attached hydrogens (tertiary/aromatic N) is 1. The van der Waals surface area contributed by atoms with Crippen LogP contribution >= 0.6 is 0 Å². The van der Waals surface area contributed by atoms with Crippen LogP contribution in [0.3, 0.4) is 0 Å². The van der Waals surface area contributed by atoms with E-state index < -0.39 is 6.10 Å². The van der Waals surface area contributed by atoms with Gasteiger partial charge in [0.25, 0.3) is 5.91 Å². The molecule has 0 aromatic heterocycles. The van der Waals surface area contributed by atoms with Gasteiger partial charge in [0.1, 0.15) is 5.75 Å². The fourth-order valence-electron chi connectivity index (χ4n) is 3.23. The Morgan fingerprint density at radius 3 is 2.62 bits per heavy atom. The average Bonchev–Trinajstić information content (AvgIpc) is 3.07. The number of hydrogen-bond acceptors (Lipinski definition) is 3. The van der Waals surface area contributed by atoms with Crippen molar-refractivity contribution in [3.63, 3.8) is 0 Å². The monoisotopic (exact) mass is 325 g/mol. The molecule has 0 radical (unpaired) electrons. The Hall–Kier alpha value is -2.33. The molecule has 0 saturated carbocycles. The third kappa shape index (κ3) is 3.60. The van der Waals surface area contributed by atoms with Gasteiger partial charge in [-0.2, -0.15) is 0 Å². The van der Waals surface area contributed by atoms with Gasteiger partial charge in [0, 0.05) is 19.0 Å². The summed E-state index contributed by atoms with van der Waals surface area (Å²) >= 11 is 0. The number of aromatic hydroxyl groups is 1. The first-order chi connectivity index (χ1) is 11.5. The number of rotatable bonds is 4. The van der Waals surface area contributed by atoms with E-state index in [4.69, 9.17) is 0 Å². The lowest BCUT2D eigenvalue weighted by Crippen LogP contribution is -2.30. The smallest absolute Gasteiger partial charge is 0.257 e. The highest BCUT2D eigenvalue weighted by molar-refractivity contribution is 5.97. The maximum absolute atomic E-state index is 12.7. The van der Waals surface area contributed by atoms with Gasteiger partial charge in [-0.05, 0) is 43.0 Å². The highest BCUT2D eigenvalue weighted by Gasteiger charge is 2.30. The molecule has 126 valence electrons. The summed E-state index contributed by atoms with van der Waals surface area (Å²) in [4.78, 5) is 14.4. The molecule has 2 aromatic rings. The van der Waals surface area contributed by atoms with Gasteiger partial charge in [-0.15, -0.1) is 0 Å². The highest BCUT2D eigenvalue weighted by Crippen LogP contribution is 2.26. The van der Waals surface area contributed by atoms with Crippen molar-refractivity contribution < 1.29 is 15.0 Å². The second kappa shape index (κ2) is 7.05. The number of phenolic OH excluding ortho intramolecular Hbond substituents is 1. The van der Waals surface area contributed by atoms with Crippen molar-refractivity contribution in [1.29, 1.82) is 0 Å². The Labute approximate surface area is 142 Å². The molecule has 1 saturated heterocycles. The molecule has 1 amide bonds. The van der Waals surface area contributed by atoms with Gasteiger partial charge in [0.05, 0.1) is 11.7 Å². The molecule has 1 aliphatic heterocycles. The molecule has 0 bridgehead atoms. The van der Waals surface area contributed by atoms with Crippen LogP contribution in [0.1, 0.15) is 34.8 Å². The van der Waals surface area contributed by atoms with Gasteiger partial charge in [0.2, 0.25) is 0 Å². The predicted octanol–water partition coefficient (Wildman–Crippen LogP) is 2.83. The van der Waals surface area contributed by atoms with Crippen molar-refractivity contribution >= 4 is 5.91 Å². The van der Waals surface area contributed by atoms with Gasteiger partial charge in [-0.3, -0.25) is 4.79 Å². The molecule has 4 heteroatoms. The number of carbonyl (C=O) groups is 1. The van der Waals surface area contributed by atoms with Crippen molar-refractivity contribution in [2.75, 3.05) is 13.1 Å². The molecular weight excluding hydrogens is 302 g/mol. The van der Waals surface area contributed by atoms with Crippen LogP contribution < -0.4 is 0 Å². The molecule has 2 aromatic carbocycles. The van der Waals surface area contributed by atoms with E-state index in [0.717, 1.165) is 24.0 Å². The summed E-state index contributed by atoms with van der Waals surface area (Å²) < 4.78 is 0. The van der Waals surface area contributed by atoms with E-state index >= 15 is 0 Å². The van der Waals surface area contributed by atoms with Crippen molar-refractivity contribution in [1.82, 2.24) is 4.90 Å². The van der Waals surface area contributed by atoms with E-state index in [-0.39, 0.29) is 17.6 Å². The Balaban J connectivity index is 1.78. The topological polar surface area (TPSA) is 60.8 Å². The summed E-state index contributed by atoms with van der Waals surface area (Å²) in [6.45, 7) is 2.92. The maximum Gasteiger partial charge on any atom is 0.257 e. The molecule has 1 aliphatic rings. The average molecular weight is 325 g/mol. The van der Waals surface area contributed by atoms with Crippen molar-refractivity contribution in [3.8, 4) is 5.75 Å². The molecule has 1 heterocycles. The third-order valence-corrected chi connectivity index (χ3v) is 4.74. The minimum absolute atomic E-state index is 0.0114. The quantitative estimate of drug-likeness (QED) is 0.909. The first-order valence-electron chi connectivity index (χ1n) is 8.37. The number of hydrogen-bond donors (Lipinski definition) is 2. The Morgan fingerprint density at radius 1 is 1.21 bits per heavy atom. The standard InChI is InChI=1S/C20H23NO3/c1-14(22)17-9-10-21(13-17)20(24)18-12-16(7-8-19(18)23)11-15-5-3-2-4-6-15/h2-8,12,14,17,22-23H,9-11,13H2,1H3. The molecule has 4 nitrogen and oxygen atoms in total. The Kier molecular flexibility index (Phi) is 4.86. The fourth-order valence-corrected chi connectivity index (χ4v) is 3.23. The van der Waals surface area contributed by atoms with E-state index in [1.165, 1.54) is 0 Å². The molecule has 2 N–H and O–H groups in total. The molecular formula is C20H23NO3. The van der Waals surface area contributed by atoms with Crippen LogP contribution in [0.5, 0.6) is 5.75 Å². The van der Waals surface area contributed by atoms with Gasteiger partial charge in [0.15, 0.2) is 0 Å². The van der Waals surface area contributed by atoms with Crippen LogP contribution in [0.4, 0.5) is 0 Å². The Bertz CT molecular complexity index is 712. The van der Waals surface area contributed by atoms with Crippen molar-refractivity contribution in [3.05, 3.63) is 65.2 Å². The first-order valence-corrected chi connectivity index (χ1v) is 8.37. The zero-order valence-corrected chi connectivity index (χ0v) is 13.9. The van der Waals surface area contributed by atoms with E-state index in [1.807, 2.05) is 36.4 Å². The minimum atomic E-state index is -0.416. The summed E-state index contributed by atoms with van der Waals surface area (Å²) in [5, 5.41) is 19.8. The molecule has 3 rings (SSSR count). The number of benzene rings is 2. The van der Waals surface area contributed by atoms with Gasteiger partial charge in [-0.25, -0.2) is 0 Å². The van der Waals surface area contributed by atoms with Crippen molar-refractivity contribution in [2.24, 2.45) is 5.92 Å². The second-order valence-corrected chi connectivity index (χ2v) is 6.55. The van der Waals surface area contributed by atoms with Crippen LogP contribution in [0.25, 0.3) is 0 Å². The van der Waals surface area contributed by atoms with Gasteiger partial charge >= 0.3 is 0 Å². The van der Waals surface area contributed by atoms with Crippen LogP contribution in [-0.2, 0) is 6.42 Å². The zero-order valence-electron chi connectivity index (χ0n) is 13.9.